The first-order valence-electron chi connectivity index (χ1n) is 7.15. The van der Waals surface area contributed by atoms with Gasteiger partial charge in [-0.1, -0.05) is 30.0 Å². The van der Waals surface area contributed by atoms with Gasteiger partial charge in [0.05, 0.1) is 22.6 Å². The Kier molecular flexibility index (Phi) is 4.35. The Hall–Kier alpha value is -3.05. The minimum absolute atomic E-state index is 0.318. The summed E-state index contributed by atoms with van der Waals surface area (Å²) < 4.78 is 1.77. The molecule has 2 aromatic heterocycles. The molecular weight excluding hydrogens is 322 g/mol. The molecule has 0 aliphatic heterocycles. The van der Waals surface area contributed by atoms with E-state index < -0.39 is 0 Å². The second kappa shape index (κ2) is 6.60. The highest BCUT2D eigenvalue weighted by Gasteiger charge is 2.17. The number of para-hydroxylation sites is 1. The molecule has 0 saturated carbocycles. The van der Waals surface area contributed by atoms with Gasteiger partial charge >= 0.3 is 0 Å². The maximum atomic E-state index is 9.46. The monoisotopic (exact) mass is 337 g/mol. The highest BCUT2D eigenvalue weighted by atomic mass is 32.2. The van der Waals surface area contributed by atoms with Crippen LogP contribution in [-0.2, 0) is 5.75 Å². The molecule has 0 amide bonds. The Morgan fingerprint density at radius 3 is 2.46 bits per heavy atom. The summed E-state index contributed by atoms with van der Waals surface area (Å²) in [5.74, 6) is 1.11. The molecule has 3 aromatic rings. The number of hydrogen-bond acceptors (Lipinski definition) is 7. The summed E-state index contributed by atoms with van der Waals surface area (Å²) in [6.45, 7) is 1.82. The van der Waals surface area contributed by atoms with Crippen LogP contribution in [0, 0.1) is 18.3 Å². The summed E-state index contributed by atoms with van der Waals surface area (Å²) >= 11 is 1.36. The SMILES string of the molecule is Cc1nn(-c2ccccc2)c(CSc2nc(N)cc(N)n2)c1C#N. The number of benzene rings is 1. The first-order chi connectivity index (χ1) is 11.6. The number of aromatic nitrogens is 4. The maximum Gasteiger partial charge on any atom is 0.191 e. The summed E-state index contributed by atoms with van der Waals surface area (Å²) in [6, 6.07) is 13.4. The smallest absolute Gasteiger partial charge is 0.191 e. The van der Waals surface area contributed by atoms with E-state index in [0.29, 0.717) is 33.8 Å². The summed E-state index contributed by atoms with van der Waals surface area (Å²) in [5, 5.41) is 14.4. The summed E-state index contributed by atoms with van der Waals surface area (Å²) in [5.41, 5.74) is 14.3. The third-order valence-electron chi connectivity index (χ3n) is 3.35. The van der Waals surface area contributed by atoms with Crippen molar-refractivity contribution in [3.8, 4) is 11.8 Å². The number of thioether (sulfide) groups is 1. The molecule has 0 aliphatic carbocycles. The molecule has 7 nitrogen and oxygen atoms in total. The van der Waals surface area contributed by atoms with Gasteiger partial charge in [-0.15, -0.1) is 0 Å². The zero-order valence-electron chi connectivity index (χ0n) is 13.0. The third kappa shape index (κ3) is 3.16. The third-order valence-corrected chi connectivity index (χ3v) is 4.21. The second-order valence-corrected chi connectivity index (χ2v) is 6.00. The molecule has 0 atom stereocenters. The van der Waals surface area contributed by atoms with Crippen LogP contribution in [0.2, 0.25) is 0 Å². The Bertz CT molecular complexity index is 892. The lowest BCUT2D eigenvalue weighted by atomic mass is 10.2. The largest absolute Gasteiger partial charge is 0.383 e. The molecule has 0 radical (unpaired) electrons. The van der Waals surface area contributed by atoms with Crippen LogP contribution >= 0.6 is 11.8 Å². The van der Waals surface area contributed by atoms with Crippen LogP contribution in [0.4, 0.5) is 11.6 Å². The molecular formula is C16H15N7S. The first kappa shape index (κ1) is 15.8. The van der Waals surface area contributed by atoms with E-state index >= 15 is 0 Å². The zero-order valence-corrected chi connectivity index (χ0v) is 13.8. The number of nitriles is 1. The molecule has 0 saturated heterocycles. The van der Waals surface area contributed by atoms with E-state index in [1.165, 1.54) is 17.8 Å². The Labute approximate surface area is 143 Å². The van der Waals surface area contributed by atoms with Gasteiger partial charge in [-0.2, -0.15) is 10.4 Å². The van der Waals surface area contributed by atoms with Crippen molar-refractivity contribution in [1.29, 1.82) is 5.26 Å². The van der Waals surface area contributed by atoms with Crippen molar-refractivity contribution in [3.63, 3.8) is 0 Å². The number of aryl methyl sites for hydroxylation is 1. The Morgan fingerprint density at radius 2 is 1.83 bits per heavy atom. The van der Waals surface area contributed by atoms with Crippen molar-refractivity contribution in [1.82, 2.24) is 19.7 Å². The average Bonchev–Trinajstić information content (AvgIpc) is 2.88. The molecule has 0 unspecified atom stereocenters. The van der Waals surface area contributed by atoms with Crippen LogP contribution < -0.4 is 11.5 Å². The van der Waals surface area contributed by atoms with Crippen molar-refractivity contribution in [3.05, 3.63) is 53.3 Å². The van der Waals surface area contributed by atoms with Gasteiger partial charge in [0.1, 0.15) is 17.7 Å². The molecule has 24 heavy (non-hydrogen) atoms. The molecule has 3 rings (SSSR count). The minimum atomic E-state index is 0.318. The van der Waals surface area contributed by atoms with Crippen LogP contribution in [0.1, 0.15) is 17.0 Å². The van der Waals surface area contributed by atoms with E-state index in [-0.39, 0.29) is 0 Å². The molecule has 2 heterocycles. The normalized spacial score (nSPS) is 10.5. The molecule has 120 valence electrons. The van der Waals surface area contributed by atoms with Crippen LogP contribution in [0.3, 0.4) is 0 Å². The summed E-state index contributed by atoms with van der Waals surface area (Å²) in [6.07, 6.45) is 0. The topological polar surface area (TPSA) is 119 Å². The van der Waals surface area contributed by atoms with Crippen molar-refractivity contribution in [2.24, 2.45) is 0 Å². The molecule has 0 bridgehead atoms. The Morgan fingerprint density at radius 1 is 1.17 bits per heavy atom. The number of nitrogen functional groups attached to an aromatic ring is 2. The predicted octanol–water partition coefficient (Wildman–Crippen LogP) is 2.30. The van der Waals surface area contributed by atoms with Gasteiger partial charge in [0, 0.05) is 11.8 Å². The van der Waals surface area contributed by atoms with Gasteiger partial charge in [-0.3, -0.25) is 0 Å². The lowest BCUT2D eigenvalue weighted by molar-refractivity contribution is 0.827. The van der Waals surface area contributed by atoms with Gasteiger partial charge in [-0.05, 0) is 19.1 Å². The quantitative estimate of drug-likeness (QED) is 0.553. The lowest BCUT2D eigenvalue weighted by Gasteiger charge is -2.07. The lowest BCUT2D eigenvalue weighted by Crippen LogP contribution is -2.03. The molecule has 0 fully saturated rings. The Balaban J connectivity index is 1.96. The van der Waals surface area contributed by atoms with Gasteiger partial charge < -0.3 is 11.5 Å². The summed E-state index contributed by atoms with van der Waals surface area (Å²) in [4.78, 5) is 8.30. The molecule has 0 spiro atoms. The fraction of sp³-hybridized carbons (Fsp3) is 0.125. The first-order valence-corrected chi connectivity index (χ1v) is 8.14. The fourth-order valence-corrected chi connectivity index (χ4v) is 3.17. The van der Waals surface area contributed by atoms with Gasteiger partial charge in [0.2, 0.25) is 0 Å². The summed E-state index contributed by atoms with van der Waals surface area (Å²) in [7, 11) is 0. The number of hydrogen-bond donors (Lipinski definition) is 2. The number of nitrogens with two attached hydrogens (primary N) is 2. The van der Waals surface area contributed by atoms with Crippen molar-refractivity contribution < 1.29 is 0 Å². The molecule has 0 aliphatic rings. The number of anilines is 2. The maximum absolute atomic E-state index is 9.46. The van der Waals surface area contributed by atoms with Crippen LogP contribution in [-0.4, -0.2) is 19.7 Å². The van der Waals surface area contributed by atoms with E-state index in [4.69, 9.17) is 11.5 Å². The highest BCUT2D eigenvalue weighted by Crippen LogP contribution is 2.26. The average molecular weight is 337 g/mol. The van der Waals surface area contributed by atoms with Gasteiger partial charge in [0.15, 0.2) is 5.16 Å². The molecule has 1 aromatic carbocycles. The van der Waals surface area contributed by atoms with Crippen LogP contribution in [0.15, 0.2) is 41.6 Å². The van der Waals surface area contributed by atoms with E-state index in [2.05, 4.69) is 21.1 Å². The standard InChI is InChI=1S/C16H15N7S/c1-10-12(8-17)13(23(22-10)11-5-3-2-4-6-11)9-24-16-20-14(18)7-15(19)21-16/h2-7H,9H2,1H3,(H4,18,19,20,21). The second-order valence-electron chi connectivity index (χ2n) is 5.06. The zero-order chi connectivity index (χ0) is 17.1. The predicted molar refractivity (Wildman–Crippen MR) is 93.4 cm³/mol. The van der Waals surface area contributed by atoms with Crippen molar-refractivity contribution >= 4 is 23.4 Å². The van der Waals surface area contributed by atoms with Crippen LogP contribution in [0.5, 0.6) is 0 Å². The molecule has 8 heteroatoms. The van der Waals surface area contributed by atoms with Gasteiger partial charge in [0.25, 0.3) is 0 Å². The van der Waals surface area contributed by atoms with E-state index in [1.807, 2.05) is 37.3 Å². The van der Waals surface area contributed by atoms with E-state index in [1.54, 1.807) is 4.68 Å². The number of rotatable bonds is 4. The van der Waals surface area contributed by atoms with Crippen molar-refractivity contribution in [2.75, 3.05) is 11.5 Å². The van der Waals surface area contributed by atoms with Crippen molar-refractivity contribution in [2.45, 2.75) is 17.8 Å². The van der Waals surface area contributed by atoms with E-state index in [9.17, 15) is 5.26 Å². The molecule has 4 N–H and O–H groups in total. The van der Waals surface area contributed by atoms with E-state index in [0.717, 1.165) is 11.4 Å². The number of nitrogens with zero attached hydrogens (tertiary/aromatic N) is 5. The van der Waals surface area contributed by atoms with Gasteiger partial charge in [-0.25, -0.2) is 14.6 Å². The fourth-order valence-electron chi connectivity index (χ4n) is 2.30. The van der Waals surface area contributed by atoms with Crippen LogP contribution in [0.25, 0.3) is 5.69 Å². The highest BCUT2D eigenvalue weighted by molar-refractivity contribution is 7.98. The minimum Gasteiger partial charge on any atom is -0.383 e.